The number of nitrogens with one attached hydrogen (secondary N) is 1. The minimum atomic E-state index is 0.784. The molecular formula is C11H16N2OS. The normalized spacial score (nSPS) is 10.1. The van der Waals surface area contributed by atoms with Crippen molar-refractivity contribution in [1.82, 2.24) is 5.32 Å². The molecule has 0 fully saturated rings. The number of rotatable bonds is 7. The fourth-order valence-electron chi connectivity index (χ4n) is 1.24. The number of methoxy groups -OCH3 is 1. The van der Waals surface area contributed by atoms with E-state index >= 15 is 0 Å². The average molecular weight is 224 g/mol. The molecule has 1 aromatic rings. The van der Waals surface area contributed by atoms with E-state index in [1.165, 1.54) is 4.88 Å². The van der Waals surface area contributed by atoms with Gasteiger partial charge in [0, 0.05) is 25.1 Å². The quantitative estimate of drug-likeness (QED) is 0.722. The summed E-state index contributed by atoms with van der Waals surface area (Å²) in [5.74, 6) is 0. The molecule has 0 spiro atoms. The topological polar surface area (TPSA) is 45.0 Å². The Morgan fingerprint density at radius 3 is 3.00 bits per heavy atom. The van der Waals surface area contributed by atoms with Crippen LogP contribution in [0.2, 0.25) is 0 Å². The Hall–Kier alpha value is -0.890. The molecule has 0 aromatic carbocycles. The molecule has 1 rings (SSSR count). The molecule has 0 saturated heterocycles. The summed E-state index contributed by atoms with van der Waals surface area (Å²) in [5.41, 5.74) is 0. The van der Waals surface area contributed by atoms with Crippen molar-refractivity contribution in [3.8, 4) is 6.07 Å². The van der Waals surface area contributed by atoms with Crippen molar-refractivity contribution in [2.45, 2.75) is 19.4 Å². The van der Waals surface area contributed by atoms with Crippen LogP contribution in [0.5, 0.6) is 0 Å². The maximum absolute atomic E-state index is 8.65. The third-order valence-corrected chi connectivity index (χ3v) is 3.01. The van der Waals surface area contributed by atoms with Crippen LogP contribution in [0.15, 0.2) is 12.1 Å². The van der Waals surface area contributed by atoms with Crippen LogP contribution in [0, 0.1) is 11.3 Å². The first kappa shape index (κ1) is 12.2. The highest BCUT2D eigenvalue weighted by Crippen LogP contribution is 2.14. The van der Waals surface area contributed by atoms with Gasteiger partial charge in [0.2, 0.25) is 0 Å². The summed E-state index contributed by atoms with van der Waals surface area (Å²) in [7, 11) is 1.72. The average Bonchev–Trinajstić information content (AvgIpc) is 2.71. The minimum Gasteiger partial charge on any atom is -0.385 e. The van der Waals surface area contributed by atoms with E-state index in [1.807, 2.05) is 12.1 Å². The Bertz CT molecular complexity index is 317. The summed E-state index contributed by atoms with van der Waals surface area (Å²) in [6.45, 7) is 2.70. The van der Waals surface area contributed by atoms with Gasteiger partial charge in [-0.2, -0.15) is 5.26 Å². The second kappa shape index (κ2) is 7.41. The Balaban J connectivity index is 2.07. The first-order chi connectivity index (χ1) is 7.36. The molecule has 82 valence electrons. The molecular weight excluding hydrogens is 208 g/mol. The Labute approximate surface area is 94.7 Å². The summed E-state index contributed by atoms with van der Waals surface area (Å²) < 4.78 is 4.96. The molecule has 1 heterocycles. The summed E-state index contributed by atoms with van der Waals surface area (Å²) in [6, 6.07) is 6.01. The van der Waals surface area contributed by atoms with Crippen LogP contribution in [0.3, 0.4) is 0 Å². The van der Waals surface area contributed by atoms with Crippen LogP contribution in [-0.2, 0) is 11.3 Å². The van der Waals surface area contributed by atoms with E-state index < -0.39 is 0 Å². The fraction of sp³-hybridized carbons (Fsp3) is 0.545. The number of nitrogens with zero attached hydrogens (tertiary/aromatic N) is 1. The van der Waals surface area contributed by atoms with Gasteiger partial charge < -0.3 is 10.1 Å². The van der Waals surface area contributed by atoms with Gasteiger partial charge in [0.1, 0.15) is 10.9 Å². The van der Waals surface area contributed by atoms with Crippen molar-refractivity contribution in [1.29, 1.82) is 5.26 Å². The van der Waals surface area contributed by atoms with E-state index in [0.29, 0.717) is 0 Å². The molecule has 0 radical (unpaired) electrons. The lowest BCUT2D eigenvalue weighted by Crippen LogP contribution is -2.14. The lowest BCUT2D eigenvalue weighted by molar-refractivity contribution is 0.192. The Morgan fingerprint density at radius 2 is 2.33 bits per heavy atom. The number of unbranched alkanes of at least 4 members (excludes halogenated alkanes) is 1. The molecule has 0 atom stereocenters. The maximum Gasteiger partial charge on any atom is 0.110 e. The Morgan fingerprint density at radius 1 is 1.47 bits per heavy atom. The largest absolute Gasteiger partial charge is 0.385 e. The van der Waals surface area contributed by atoms with Crippen molar-refractivity contribution in [3.63, 3.8) is 0 Å². The zero-order valence-electron chi connectivity index (χ0n) is 8.95. The molecule has 1 aromatic heterocycles. The molecule has 0 unspecified atom stereocenters. The lowest BCUT2D eigenvalue weighted by Gasteiger charge is -2.02. The number of nitriles is 1. The third kappa shape index (κ3) is 4.93. The molecule has 3 nitrogen and oxygen atoms in total. The zero-order chi connectivity index (χ0) is 10.9. The smallest absolute Gasteiger partial charge is 0.110 e. The highest BCUT2D eigenvalue weighted by Gasteiger charge is 1.97. The molecule has 4 heteroatoms. The van der Waals surface area contributed by atoms with Crippen LogP contribution in [0.25, 0.3) is 0 Å². The first-order valence-electron chi connectivity index (χ1n) is 5.05. The summed E-state index contributed by atoms with van der Waals surface area (Å²) in [4.78, 5) is 2.00. The predicted octanol–water partition coefficient (Wildman–Crippen LogP) is 2.14. The summed E-state index contributed by atoms with van der Waals surface area (Å²) in [5, 5.41) is 12.0. The van der Waals surface area contributed by atoms with Gasteiger partial charge in [0.05, 0.1) is 0 Å². The number of thiophene rings is 1. The van der Waals surface area contributed by atoms with Crippen molar-refractivity contribution >= 4 is 11.3 Å². The van der Waals surface area contributed by atoms with E-state index in [2.05, 4.69) is 11.4 Å². The molecule has 15 heavy (non-hydrogen) atoms. The second-order valence-electron chi connectivity index (χ2n) is 3.25. The SMILES string of the molecule is COCCCCNCc1ccc(C#N)s1. The molecule has 1 N–H and O–H groups in total. The van der Waals surface area contributed by atoms with E-state index in [1.54, 1.807) is 18.4 Å². The summed E-state index contributed by atoms with van der Waals surface area (Å²) in [6.07, 6.45) is 2.22. The maximum atomic E-state index is 8.65. The minimum absolute atomic E-state index is 0.784. The van der Waals surface area contributed by atoms with Gasteiger partial charge >= 0.3 is 0 Å². The molecule has 0 aliphatic rings. The van der Waals surface area contributed by atoms with Crippen molar-refractivity contribution in [3.05, 3.63) is 21.9 Å². The summed E-state index contributed by atoms with van der Waals surface area (Å²) >= 11 is 1.55. The van der Waals surface area contributed by atoms with E-state index in [9.17, 15) is 0 Å². The lowest BCUT2D eigenvalue weighted by atomic mass is 10.3. The van der Waals surface area contributed by atoms with Gasteiger partial charge in [-0.05, 0) is 31.5 Å². The Kier molecular flexibility index (Phi) is 6.02. The highest BCUT2D eigenvalue weighted by molar-refractivity contribution is 7.12. The molecule has 0 aliphatic heterocycles. The van der Waals surface area contributed by atoms with Gasteiger partial charge in [-0.25, -0.2) is 0 Å². The van der Waals surface area contributed by atoms with Gasteiger partial charge in [-0.1, -0.05) is 0 Å². The number of hydrogen-bond donors (Lipinski definition) is 1. The van der Waals surface area contributed by atoms with Crippen molar-refractivity contribution in [2.75, 3.05) is 20.3 Å². The fourth-order valence-corrected chi connectivity index (χ4v) is 2.02. The van der Waals surface area contributed by atoms with E-state index in [0.717, 1.165) is 37.4 Å². The standard InChI is InChI=1S/C11H16N2OS/c1-14-7-3-2-6-13-9-11-5-4-10(8-12)15-11/h4-5,13H,2-3,6-7,9H2,1H3. The van der Waals surface area contributed by atoms with Gasteiger partial charge in [-0.15, -0.1) is 11.3 Å². The van der Waals surface area contributed by atoms with Gasteiger partial charge in [0.25, 0.3) is 0 Å². The monoisotopic (exact) mass is 224 g/mol. The van der Waals surface area contributed by atoms with Crippen LogP contribution >= 0.6 is 11.3 Å². The molecule has 0 bridgehead atoms. The van der Waals surface area contributed by atoms with Gasteiger partial charge in [0.15, 0.2) is 0 Å². The van der Waals surface area contributed by atoms with Crippen molar-refractivity contribution in [2.24, 2.45) is 0 Å². The van der Waals surface area contributed by atoms with E-state index in [4.69, 9.17) is 10.00 Å². The first-order valence-corrected chi connectivity index (χ1v) is 5.87. The van der Waals surface area contributed by atoms with Crippen molar-refractivity contribution < 1.29 is 4.74 Å². The van der Waals surface area contributed by atoms with Crippen LogP contribution in [0.4, 0.5) is 0 Å². The molecule has 0 amide bonds. The van der Waals surface area contributed by atoms with Crippen LogP contribution in [0.1, 0.15) is 22.6 Å². The van der Waals surface area contributed by atoms with Gasteiger partial charge in [-0.3, -0.25) is 0 Å². The number of hydrogen-bond acceptors (Lipinski definition) is 4. The molecule has 0 aliphatic carbocycles. The number of ether oxygens (including phenoxy) is 1. The van der Waals surface area contributed by atoms with Crippen LogP contribution < -0.4 is 5.32 Å². The predicted molar refractivity (Wildman–Crippen MR) is 61.9 cm³/mol. The third-order valence-electron chi connectivity index (χ3n) is 2.02. The van der Waals surface area contributed by atoms with Crippen LogP contribution in [-0.4, -0.2) is 20.3 Å². The second-order valence-corrected chi connectivity index (χ2v) is 4.42. The highest BCUT2D eigenvalue weighted by atomic mass is 32.1. The van der Waals surface area contributed by atoms with E-state index in [-0.39, 0.29) is 0 Å². The molecule has 0 saturated carbocycles. The zero-order valence-corrected chi connectivity index (χ0v) is 9.77.